The molecule has 1 heterocycles. The van der Waals surface area contributed by atoms with Gasteiger partial charge in [-0.2, -0.15) is 4.37 Å². The van der Waals surface area contributed by atoms with Gasteiger partial charge < -0.3 is 4.90 Å². The summed E-state index contributed by atoms with van der Waals surface area (Å²) in [5.74, 6) is 0. The highest BCUT2D eigenvalue weighted by atomic mass is 32.2. The summed E-state index contributed by atoms with van der Waals surface area (Å²) in [4.78, 5) is 6.23. The van der Waals surface area contributed by atoms with Crippen molar-refractivity contribution in [2.75, 3.05) is 16.7 Å². The Labute approximate surface area is 167 Å². The first kappa shape index (κ1) is 18.4. The monoisotopic (exact) mass is 410 g/mol. The molecule has 142 valence electrons. The summed E-state index contributed by atoms with van der Waals surface area (Å²) in [5.41, 5.74) is 2.25. The fourth-order valence-corrected chi connectivity index (χ4v) is 4.78. The number of fused-ring (bicyclic) bond motifs is 1. The average molecular weight is 411 g/mol. The minimum Gasteiger partial charge on any atom is -0.370 e. The summed E-state index contributed by atoms with van der Waals surface area (Å²) in [6.45, 7) is 0.763. The van der Waals surface area contributed by atoms with Gasteiger partial charge in [0.15, 0.2) is 0 Å². The molecule has 1 aromatic heterocycles. The Morgan fingerprint density at radius 1 is 1.04 bits per heavy atom. The van der Waals surface area contributed by atoms with Gasteiger partial charge in [0.1, 0.15) is 6.33 Å². The summed E-state index contributed by atoms with van der Waals surface area (Å²) < 4.78 is 31.5. The van der Waals surface area contributed by atoms with Crippen LogP contribution in [0.15, 0.2) is 78.0 Å². The van der Waals surface area contributed by atoms with E-state index in [9.17, 15) is 8.42 Å². The topological polar surface area (TPSA) is 75.2 Å². The lowest BCUT2D eigenvalue weighted by molar-refractivity contribution is 0.601. The number of nitrogens with zero attached hydrogens (tertiary/aromatic N) is 3. The van der Waals surface area contributed by atoms with E-state index in [0.717, 1.165) is 34.5 Å². The van der Waals surface area contributed by atoms with Gasteiger partial charge >= 0.3 is 0 Å². The number of rotatable bonds is 6. The molecule has 8 heteroatoms. The third kappa shape index (κ3) is 3.83. The number of hydrogen-bond acceptors (Lipinski definition) is 6. The first-order chi connectivity index (χ1) is 13.5. The van der Waals surface area contributed by atoms with Gasteiger partial charge in [0, 0.05) is 36.2 Å². The highest BCUT2D eigenvalue weighted by molar-refractivity contribution is 7.93. The maximum Gasteiger partial charge on any atom is 0.263 e. The van der Waals surface area contributed by atoms with Crippen LogP contribution < -0.4 is 9.62 Å². The lowest BCUT2D eigenvalue weighted by Gasteiger charge is -2.21. The molecule has 4 aromatic rings. The normalized spacial score (nSPS) is 11.5. The lowest BCUT2D eigenvalue weighted by Crippen LogP contribution is -2.16. The Kier molecular flexibility index (Phi) is 4.97. The molecule has 0 amide bonds. The van der Waals surface area contributed by atoms with E-state index in [4.69, 9.17) is 0 Å². The van der Waals surface area contributed by atoms with E-state index < -0.39 is 10.0 Å². The molecule has 0 aliphatic rings. The van der Waals surface area contributed by atoms with E-state index in [0.29, 0.717) is 0 Å². The van der Waals surface area contributed by atoms with Crippen molar-refractivity contribution in [3.8, 4) is 0 Å². The Morgan fingerprint density at radius 2 is 1.86 bits per heavy atom. The van der Waals surface area contributed by atoms with Gasteiger partial charge in [-0.3, -0.25) is 4.72 Å². The van der Waals surface area contributed by atoms with Crippen LogP contribution in [0.2, 0.25) is 0 Å². The summed E-state index contributed by atoms with van der Waals surface area (Å²) in [6, 6.07) is 21.3. The zero-order valence-corrected chi connectivity index (χ0v) is 16.7. The number of hydrogen-bond donors (Lipinski definition) is 1. The van der Waals surface area contributed by atoms with Crippen LogP contribution in [0.3, 0.4) is 0 Å². The fraction of sp³-hybridized carbons (Fsp3) is 0.100. The minimum absolute atomic E-state index is 0.193. The average Bonchev–Trinajstić information content (AvgIpc) is 3.20. The predicted molar refractivity (Wildman–Crippen MR) is 113 cm³/mol. The molecule has 0 atom stereocenters. The zero-order chi connectivity index (χ0) is 19.6. The third-order valence-corrected chi connectivity index (χ3v) is 6.44. The standard InChI is InChI=1S/C20H18N4O2S2/c1-24(13-15-6-3-2-4-7-15)19-9-5-8-16-12-17(10-11-18(16)19)28(25,26)23-20-21-14-22-27-20/h2-12,14H,13H2,1H3,(H,21,22,23). The molecule has 0 aliphatic heterocycles. The summed E-state index contributed by atoms with van der Waals surface area (Å²) in [5, 5.41) is 2.10. The number of anilines is 2. The van der Waals surface area contributed by atoms with Crippen molar-refractivity contribution in [3.63, 3.8) is 0 Å². The van der Waals surface area contributed by atoms with E-state index >= 15 is 0 Å². The Balaban J connectivity index is 1.66. The Bertz CT molecular complexity index is 1190. The summed E-state index contributed by atoms with van der Waals surface area (Å²) in [7, 11) is -1.68. The van der Waals surface area contributed by atoms with Crippen molar-refractivity contribution in [2.24, 2.45) is 0 Å². The highest BCUT2D eigenvalue weighted by Crippen LogP contribution is 2.29. The summed E-state index contributed by atoms with van der Waals surface area (Å²) >= 11 is 0.997. The molecular weight excluding hydrogens is 392 g/mol. The molecule has 4 rings (SSSR count). The number of aromatic nitrogens is 2. The molecular formula is C20H18N4O2S2. The Hall–Kier alpha value is -2.97. The predicted octanol–water partition coefficient (Wildman–Crippen LogP) is 4.13. The van der Waals surface area contributed by atoms with Crippen LogP contribution in [0.25, 0.3) is 10.8 Å². The fourth-order valence-electron chi connectivity index (χ4n) is 3.08. The molecule has 0 saturated heterocycles. The molecule has 0 bridgehead atoms. The number of benzene rings is 3. The van der Waals surface area contributed by atoms with E-state index in [-0.39, 0.29) is 10.0 Å². The van der Waals surface area contributed by atoms with Gasteiger partial charge in [-0.05, 0) is 29.1 Å². The van der Waals surface area contributed by atoms with Gasteiger partial charge in [0.2, 0.25) is 5.13 Å². The first-order valence-corrected chi connectivity index (χ1v) is 10.9. The van der Waals surface area contributed by atoms with Gasteiger partial charge in [-0.25, -0.2) is 13.4 Å². The van der Waals surface area contributed by atoms with E-state index in [1.807, 2.05) is 49.5 Å². The van der Waals surface area contributed by atoms with Crippen molar-refractivity contribution in [2.45, 2.75) is 11.4 Å². The molecule has 0 saturated carbocycles. The second-order valence-electron chi connectivity index (χ2n) is 6.35. The molecule has 0 radical (unpaired) electrons. The van der Waals surface area contributed by atoms with Crippen LogP contribution in [0, 0.1) is 0 Å². The number of sulfonamides is 1. The molecule has 0 spiro atoms. The van der Waals surface area contributed by atoms with Crippen LogP contribution in [-0.4, -0.2) is 24.8 Å². The van der Waals surface area contributed by atoms with Gasteiger partial charge in [-0.1, -0.05) is 48.5 Å². The van der Waals surface area contributed by atoms with Crippen LogP contribution in [0.4, 0.5) is 10.8 Å². The second kappa shape index (κ2) is 7.57. The van der Waals surface area contributed by atoms with Crippen LogP contribution in [0.1, 0.15) is 5.56 Å². The molecule has 28 heavy (non-hydrogen) atoms. The SMILES string of the molecule is CN(Cc1ccccc1)c1cccc2cc(S(=O)(=O)Nc3ncns3)ccc12. The van der Waals surface area contributed by atoms with Gasteiger partial charge in [0.05, 0.1) is 4.90 Å². The molecule has 6 nitrogen and oxygen atoms in total. The van der Waals surface area contributed by atoms with Gasteiger partial charge in [0.25, 0.3) is 10.0 Å². The zero-order valence-electron chi connectivity index (χ0n) is 15.1. The van der Waals surface area contributed by atoms with Crippen LogP contribution in [0.5, 0.6) is 0 Å². The van der Waals surface area contributed by atoms with Gasteiger partial charge in [-0.15, -0.1) is 0 Å². The first-order valence-electron chi connectivity index (χ1n) is 8.60. The molecule has 1 N–H and O–H groups in total. The maximum absolute atomic E-state index is 12.6. The van der Waals surface area contributed by atoms with Crippen molar-refractivity contribution in [3.05, 3.63) is 78.6 Å². The highest BCUT2D eigenvalue weighted by Gasteiger charge is 2.17. The minimum atomic E-state index is -3.71. The van der Waals surface area contributed by atoms with Crippen molar-refractivity contribution >= 4 is 43.1 Å². The van der Waals surface area contributed by atoms with Crippen molar-refractivity contribution in [1.82, 2.24) is 9.36 Å². The number of nitrogens with one attached hydrogen (secondary N) is 1. The Morgan fingerprint density at radius 3 is 2.61 bits per heavy atom. The van der Waals surface area contributed by atoms with Crippen LogP contribution in [-0.2, 0) is 16.6 Å². The third-order valence-electron chi connectivity index (χ3n) is 4.40. The quantitative estimate of drug-likeness (QED) is 0.517. The second-order valence-corrected chi connectivity index (χ2v) is 8.82. The van der Waals surface area contributed by atoms with E-state index in [1.54, 1.807) is 12.1 Å². The van der Waals surface area contributed by atoms with Crippen molar-refractivity contribution in [1.29, 1.82) is 0 Å². The molecule has 3 aromatic carbocycles. The lowest BCUT2D eigenvalue weighted by atomic mass is 10.1. The van der Waals surface area contributed by atoms with E-state index in [1.165, 1.54) is 11.9 Å². The molecule has 0 fully saturated rings. The van der Waals surface area contributed by atoms with Crippen LogP contribution >= 0.6 is 11.5 Å². The molecule has 0 aliphatic carbocycles. The molecule has 0 unspecified atom stereocenters. The maximum atomic E-state index is 12.6. The summed E-state index contributed by atoms with van der Waals surface area (Å²) in [6.07, 6.45) is 1.32. The van der Waals surface area contributed by atoms with E-state index in [2.05, 4.69) is 31.1 Å². The largest absolute Gasteiger partial charge is 0.370 e. The smallest absolute Gasteiger partial charge is 0.263 e. The van der Waals surface area contributed by atoms with Crippen molar-refractivity contribution < 1.29 is 8.42 Å².